The van der Waals surface area contributed by atoms with Crippen molar-refractivity contribution in [2.75, 3.05) is 11.9 Å². The van der Waals surface area contributed by atoms with Crippen LogP contribution < -0.4 is 5.32 Å². The second-order valence-electron chi connectivity index (χ2n) is 6.13. The summed E-state index contributed by atoms with van der Waals surface area (Å²) >= 11 is 0. The van der Waals surface area contributed by atoms with E-state index < -0.39 is 0 Å². The van der Waals surface area contributed by atoms with Crippen LogP contribution in [0, 0.1) is 22.5 Å². The van der Waals surface area contributed by atoms with Crippen molar-refractivity contribution < 1.29 is 9.66 Å². The van der Waals surface area contributed by atoms with Crippen molar-refractivity contribution in [3.63, 3.8) is 0 Å². The van der Waals surface area contributed by atoms with E-state index in [2.05, 4.69) is 10.4 Å². The molecule has 0 bridgehead atoms. The van der Waals surface area contributed by atoms with E-state index in [0.717, 1.165) is 25.9 Å². The summed E-state index contributed by atoms with van der Waals surface area (Å²) in [5, 5.41) is 18.8. The molecule has 7 heteroatoms. The van der Waals surface area contributed by atoms with Gasteiger partial charge in [-0.05, 0) is 33.1 Å². The quantitative estimate of drug-likeness (QED) is 0.666. The van der Waals surface area contributed by atoms with Crippen LogP contribution in [0.3, 0.4) is 0 Å². The lowest BCUT2D eigenvalue weighted by Crippen LogP contribution is -2.64. The molecule has 2 aliphatic rings. The molecule has 1 aromatic heterocycles. The molecule has 0 saturated heterocycles. The van der Waals surface area contributed by atoms with Gasteiger partial charge >= 0.3 is 5.69 Å². The number of nitro groups is 1. The zero-order chi connectivity index (χ0) is 15.2. The van der Waals surface area contributed by atoms with Crippen LogP contribution in [0.5, 0.6) is 0 Å². The molecule has 1 N–H and O–H groups in total. The molecular weight excluding hydrogens is 272 g/mol. The van der Waals surface area contributed by atoms with Gasteiger partial charge in [0.15, 0.2) is 0 Å². The lowest BCUT2D eigenvalue weighted by atomic mass is 9.51. The van der Waals surface area contributed by atoms with E-state index in [1.54, 1.807) is 18.7 Å². The second kappa shape index (κ2) is 4.98. The zero-order valence-electron chi connectivity index (χ0n) is 12.8. The topological polar surface area (TPSA) is 82.2 Å². The normalized spacial score (nSPS) is 26.2. The molecule has 0 radical (unpaired) electrons. The number of rotatable bonds is 5. The van der Waals surface area contributed by atoms with E-state index in [-0.39, 0.29) is 22.1 Å². The molecule has 0 aromatic carbocycles. The average molecular weight is 294 g/mol. The van der Waals surface area contributed by atoms with Crippen molar-refractivity contribution in [1.29, 1.82) is 0 Å². The number of aryl methyl sites for hydroxylation is 2. The Bertz CT molecular complexity index is 565. The van der Waals surface area contributed by atoms with Crippen molar-refractivity contribution in [1.82, 2.24) is 9.78 Å². The van der Waals surface area contributed by atoms with Crippen LogP contribution in [0.15, 0.2) is 0 Å². The summed E-state index contributed by atoms with van der Waals surface area (Å²) in [4.78, 5) is 10.9. The first-order chi connectivity index (χ1) is 9.99. The fourth-order valence-electron chi connectivity index (χ4n) is 3.83. The molecule has 1 aromatic rings. The molecule has 2 aliphatic carbocycles. The number of ether oxygens (including phenoxy) is 1. The van der Waals surface area contributed by atoms with Gasteiger partial charge in [0.1, 0.15) is 5.69 Å². The van der Waals surface area contributed by atoms with E-state index in [0.29, 0.717) is 17.6 Å². The Morgan fingerprint density at radius 1 is 1.57 bits per heavy atom. The molecule has 3 rings (SSSR count). The van der Waals surface area contributed by atoms with E-state index in [4.69, 9.17) is 4.74 Å². The zero-order valence-corrected chi connectivity index (χ0v) is 12.8. The maximum absolute atomic E-state index is 11.2. The van der Waals surface area contributed by atoms with Gasteiger partial charge in [0, 0.05) is 25.1 Å². The van der Waals surface area contributed by atoms with Gasteiger partial charge in [-0.2, -0.15) is 5.10 Å². The van der Waals surface area contributed by atoms with E-state index in [1.807, 2.05) is 6.92 Å². The summed E-state index contributed by atoms with van der Waals surface area (Å²) < 4.78 is 7.40. The minimum Gasteiger partial charge on any atom is -0.378 e. The maximum Gasteiger partial charge on any atom is 0.333 e. The largest absolute Gasteiger partial charge is 0.378 e. The number of nitrogens with zero attached hydrogens (tertiary/aromatic N) is 3. The van der Waals surface area contributed by atoms with Crippen LogP contribution in [-0.4, -0.2) is 33.5 Å². The highest BCUT2D eigenvalue weighted by molar-refractivity contribution is 5.60. The highest BCUT2D eigenvalue weighted by atomic mass is 16.6. The number of anilines is 1. The first-order valence-corrected chi connectivity index (χ1v) is 7.55. The number of aromatic nitrogens is 2. The third kappa shape index (κ3) is 2.02. The van der Waals surface area contributed by atoms with Gasteiger partial charge in [0.05, 0.1) is 11.0 Å². The van der Waals surface area contributed by atoms with Crippen molar-refractivity contribution in [2.45, 2.75) is 51.7 Å². The minimum absolute atomic E-state index is 0.0897. The molecule has 116 valence electrons. The predicted molar refractivity (Wildman–Crippen MR) is 78.3 cm³/mol. The highest BCUT2D eigenvalue weighted by Gasteiger charge is 2.59. The Hall–Kier alpha value is -1.63. The fourth-order valence-corrected chi connectivity index (χ4v) is 3.83. The predicted octanol–water partition coefficient (Wildman–Crippen LogP) is 2.40. The van der Waals surface area contributed by atoms with E-state index in [1.165, 1.54) is 6.42 Å². The molecule has 2 saturated carbocycles. The number of hydrogen-bond acceptors (Lipinski definition) is 5. The summed E-state index contributed by atoms with van der Waals surface area (Å²) in [5.74, 6) is 0.517. The first-order valence-electron chi connectivity index (χ1n) is 7.55. The monoisotopic (exact) mass is 294 g/mol. The number of hydrogen-bond donors (Lipinski definition) is 1. The molecule has 0 aliphatic heterocycles. The molecule has 0 unspecified atom stereocenters. The molecule has 2 atom stereocenters. The minimum atomic E-state index is -0.350. The molecule has 7 nitrogen and oxygen atoms in total. The highest BCUT2D eigenvalue weighted by Crippen LogP contribution is 2.58. The Balaban J connectivity index is 1.81. The lowest BCUT2D eigenvalue weighted by molar-refractivity contribution is -0.384. The van der Waals surface area contributed by atoms with E-state index in [9.17, 15) is 10.1 Å². The molecular formula is C14H22N4O3. The summed E-state index contributed by atoms with van der Waals surface area (Å²) in [6, 6.07) is 0.247. The van der Waals surface area contributed by atoms with Gasteiger partial charge in [-0.3, -0.25) is 10.1 Å². The Labute approximate surface area is 123 Å². The van der Waals surface area contributed by atoms with Gasteiger partial charge in [-0.25, -0.2) is 4.68 Å². The third-order valence-corrected chi connectivity index (χ3v) is 5.12. The fraction of sp³-hybridized carbons (Fsp3) is 0.786. The maximum atomic E-state index is 11.2. The van der Waals surface area contributed by atoms with Crippen molar-refractivity contribution >= 4 is 11.5 Å². The molecule has 2 fully saturated rings. The Morgan fingerprint density at radius 2 is 2.29 bits per heavy atom. The first kappa shape index (κ1) is 14.3. The van der Waals surface area contributed by atoms with Crippen LogP contribution in [0.4, 0.5) is 11.5 Å². The average Bonchev–Trinajstić information content (AvgIpc) is 2.60. The Morgan fingerprint density at radius 3 is 2.81 bits per heavy atom. The van der Waals surface area contributed by atoms with Gasteiger partial charge < -0.3 is 10.1 Å². The standard InChI is InChI=1S/C14H22N4O3/c1-4-21-11-8-10(14(11)6-5-7-14)15-13-12(18(19)20)9(2)16-17(13)3/h10-11,15H,4-8H2,1-3H3/t10-,11+/m0/s1. The molecule has 1 heterocycles. The summed E-state index contributed by atoms with van der Waals surface area (Å²) in [6.07, 6.45) is 4.70. The number of nitrogens with one attached hydrogen (secondary N) is 1. The van der Waals surface area contributed by atoms with Gasteiger partial charge in [-0.1, -0.05) is 6.42 Å². The van der Waals surface area contributed by atoms with E-state index >= 15 is 0 Å². The van der Waals surface area contributed by atoms with Crippen LogP contribution in [0.2, 0.25) is 0 Å². The molecule has 1 spiro atoms. The van der Waals surface area contributed by atoms with Gasteiger partial charge in [-0.15, -0.1) is 0 Å². The van der Waals surface area contributed by atoms with Crippen LogP contribution in [0.25, 0.3) is 0 Å². The van der Waals surface area contributed by atoms with Crippen molar-refractivity contribution in [3.8, 4) is 0 Å². The molecule has 21 heavy (non-hydrogen) atoms. The Kier molecular flexibility index (Phi) is 3.39. The van der Waals surface area contributed by atoms with Crippen molar-refractivity contribution in [3.05, 3.63) is 15.8 Å². The lowest BCUT2D eigenvalue weighted by Gasteiger charge is -2.61. The summed E-state index contributed by atoms with van der Waals surface area (Å²) in [5.41, 5.74) is 0.711. The second-order valence-corrected chi connectivity index (χ2v) is 6.13. The SMILES string of the molecule is CCO[C@@H]1C[C@H](Nc2c([N+](=O)[O-])c(C)nn2C)C12CCC2. The summed E-state index contributed by atoms with van der Waals surface area (Å²) in [6.45, 7) is 4.42. The smallest absolute Gasteiger partial charge is 0.333 e. The van der Waals surface area contributed by atoms with Crippen LogP contribution in [-0.2, 0) is 11.8 Å². The summed E-state index contributed by atoms with van der Waals surface area (Å²) in [7, 11) is 1.74. The third-order valence-electron chi connectivity index (χ3n) is 5.12. The van der Waals surface area contributed by atoms with Gasteiger partial charge in [0.2, 0.25) is 5.82 Å². The van der Waals surface area contributed by atoms with Crippen LogP contribution >= 0.6 is 0 Å². The van der Waals surface area contributed by atoms with Crippen LogP contribution in [0.1, 0.15) is 38.3 Å². The van der Waals surface area contributed by atoms with Crippen molar-refractivity contribution in [2.24, 2.45) is 12.5 Å². The van der Waals surface area contributed by atoms with Gasteiger partial charge in [0.25, 0.3) is 0 Å². The molecule has 0 amide bonds.